The lowest BCUT2D eigenvalue weighted by molar-refractivity contribution is 0.839. The summed E-state index contributed by atoms with van der Waals surface area (Å²) in [5.74, 6) is 7.61. The van der Waals surface area contributed by atoms with Gasteiger partial charge in [0.25, 0.3) is 0 Å². The summed E-state index contributed by atoms with van der Waals surface area (Å²) < 4.78 is 2.12. The molecule has 0 N–H and O–H groups in total. The molecule has 4 aromatic rings. The van der Waals surface area contributed by atoms with E-state index in [1.807, 2.05) is 36.5 Å². The van der Waals surface area contributed by atoms with Gasteiger partial charge in [0.1, 0.15) is 11.5 Å². The number of rotatable bonds is 4. The van der Waals surface area contributed by atoms with Crippen molar-refractivity contribution in [2.45, 2.75) is 13.8 Å². The van der Waals surface area contributed by atoms with E-state index in [1.165, 1.54) is 0 Å². The summed E-state index contributed by atoms with van der Waals surface area (Å²) in [5, 5.41) is 0. The van der Waals surface area contributed by atoms with Gasteiger partial charge in [0.15, 0.2) is 5.65 Å². The van der Waals surface area contributed by atoms with Gasteiger partial charge in [-0.25, -0.2) is 4.98 Å². The van der Waals surface area contributed by atoms with Crippen LogP contribution in [-0.4, -0.2) is 27.5 Å². The molecule has 0 atom stereocenters. The summed E-state index contributed by atoms with van der Waals surface area (Å²) in [6.45, 7) is 6.18. The minimum absolute atomic E-state index is 0.861. The van der Waals surface area contributed by atoms with Crippen LogP contribution in [-0.2, 0) is 0 Å². The number of thiophene rings is 1. The molecule has 0 aliphatic carbocycles. The minimum Gasteiger partial charge on any atom is -0.356 e. The zero-order valence-electron chi connectivity index (χ0n) is 15.4. The molecule has 1 aromatic carbocycles. The van der Waals surface area contributed by atoms with Crippen LogP contribution in [0.5, 0.6) is 0 Å². The number of hydrogen-bond donors (Lipinski definition) is 0. The molecular formula is C22H20N4S. The van der Waals surface area contributed by atoms with Gasteiger partial charge < -0.3 is 4.90 Å². The number of anilines is 1. The maximum Gasteiger partial charge on any atom is 0.157 e. The highest BCUT2D eigenvalue weighted by molar-refractivity contribution is 7.16. The molecule has 27 heavy (non-hydrogen) atoms. The molecule has 0 aliphatic heterocycles. The van der Waals surface area contributed by atoms with E-state index >= 15 is 0 Å². The van der Waals surface area contributed by atoms with Gasteiger partial charge in [-0.05, 0) is 38.1 Å². The molecule has 0 amide bonds. The first-order valence-electron chi connectivity index (χ1n) is 9.04. The second-order valence-electron chi connectivity index (χ2n) is 6.04. The fourth-order valence-electron chi connectivity index (χ4n) is 3.07. The van der Waals surface area contributed by atoms with Gasteiger partial charge in [0, 0.05) is 31.0 Å². The van der Waals surface area contributed by atoms with E-state index in [0.717, 1.165) is 45.6 Å². The molecule has 0 saturated carbocycles. The smallest absolute Gasteiger partial charge is 0.157 e. The monoisotopic (exact) mass is 372 g/mol. The highest BCUT2D eigenvalue weighted by Gasteiger charge is 2.19. The predicted molar refractivity (Wildman–Crippen MR) is 112 cm³/mol. The van der Waals surface area contributed by atoms with Crippen molar-refractivity contribution in [2.75, 3.05) is 18.0 Å². The largest absolute Gasteiger partial charge is 0.356 e. The molecule has 3 heterocycles. The average molecular weight is 372 g/mol. The van der Waals surface area contributed by atoms with Crippen LogP contribution < -0.4 is 4.90 Å². The Bertz CT molecular complexity index is 1110. The molecule has 134 valence electrons. The molecule has 4 nitrogen and oxygen atoms in total. The lowest BCUT2D eigenvalue weighted by Gasteiger charge is -2.21. The number of imidazole rings is 1. The van der Waals surface area contributed by atoms with Crippen molar-refractivity contribution in [3.05, 3.63) is 71.5 Å². The van der Waals surface area contributed by atoms with Crippen molar-refractivity contribution < 1.29 is 0 Å². The summed E-state index contributed by atoms with van der Waals surface area (Å²) in [6.07, 6.45) is 5.58. The van der Waals surface area contributed by atoms with Gasteiger partial charge in [-0.2, -0.15) is 0 Å². The van der Waals surface area contributed by atoms with Crippen molar-refractivity contribution in [3.8, 4) is 22.4 Å². The number of hydrogen-bond acceptors (Lipinski definition) is 4. The summed E-state index contributed by atoms with van der Waals surface area (Å²) in [5.41, 5.74) is 2.87. The summed E-state index contributed by atoms with van der Waals surface area (Å²) in [4.78, 5) is 13.6. The SMILES string of the molecule is CCN(CC)c1c(-c2ccc(C#Cc3ccccc3)s2)nc2cnccn12. The second-order valence-corrected chi connectivity index (χ2v) is 7.12. The molecule has 3 aromatic heterocycles. The Balaban J connectivity index is 1.76. The van der Waals surface area contributed by atoms with E-state index in [4.69, 9.17) is 4.98 Å². The van der Waals surface area contributed by atoms with Crippen LogP contribution in [0, 0.1) is 11.8 Å². The van der Waals surface area contributed by atoms with Crippen LogP contribution in [0.4, 0.5) is 5.82 Å². The van der Waals surface area contributed by atoms with E-state index < -0.39 is 0 Å². The van der Waals surface area contributed by atoms with E-state index in [1.54, 1.807) is 23.7 Å². The molecule has 0 saturated heterocycles. The molecule has 0 bridgehead atoms. The predicted octanol–water partition coefficient (Wildman–Crippen LogP) is 4.70. The third kappa shape index (κ3) is 3.44. The summed E-state index contributed by atoms with van der Waals surface area (Å²) in [7, 11) is 0. The molecule has 0 spiro atoms. The van der Waals surface area contributed by atoms with E-state index in [2.05, 4.69) is 52.1 Å². The van der Waals surface area contributed by atoms with Crippen molar-refractivity contribution >= 4 is 22.8 Å². The van der Waals surface area contributed by atoms with Gasteiger partial charge in [-0.3, -0.25) is 9.38 Å². The minimum atomic E-state index is 0.861. The zero-order chi connectivity index (χ0) is 18.6. The normalized spacial score (nSPS) is 10.6. The molecule has 0 radical (unpaired) electrons. The van der Waals surface area contributed by atoms with Gasteiger partial charge in [0.2, 0.25) is 0 Å². The van der Waals surface area contributed by atoms with Crippen molar-refractivity contribution in [1.82, 2.24) is 14.4 Å². The fraction of sp³-hybridized carbons (Fsp3) is 0.182. The molecular weight excluding hydrogens is 352 g/mol. The van der Waals surface area contributed by atoms with Gasteiger partial charge >= 0.3 is 0 Å². The van der Waals surface area contributed by atoms with E-state index in [9.17, 15) is 0 Å². The van der Waals surface area contributed by atoms with Gasteiger partial charge in [0.05, 0.1) is 16.0 Å². The maximum atomic E-state index is 4.85. The average Bonchev–Trinajstić information content (AvgIpc) is 3.33. The molecule has 0 aliphatic rings. The Morgan fingerprint density at radius 1 is 1.04 bits per heavy atom. The van der Waals surface area contributed by atoms with Crippen LogP contribution in [0.25, 0.3) is 16.2 Å². The third-order valence-corrected chi connectivity index (χ3v) is 5.42. The van der Waals surface area contributed by atoms with E-state index in [-0.39, 0.29) is 0 Å². The lowest BCUT2D eigenvalue weighted by atomic mass is 10.2. The second kappa shape index (κ2) is 7.65. The number of benzene rings is 1. The lowest BCUT2D eigenvalue weighted by Crippen LogP contribution is -2.23. The Kier molecular flexibility index (Phi) is 4.91. The fourth-order valence-corrected chi connectivity index (χ4v) is 3.92. The van der Waals surface area contributed by atoms with Gasteiger partial charge in [-0.1, -0.05) is 30.0 Å². The standard InChI is InChI=1S/C22H20N4S/c1-3-25(4-2)22-21(24-20-16-23-14-15-26(20)22)19-13-12-18(27-19)11-10-17-8-6-5-7-9-17/h5-9,12-16H,3-4H2,1-2H3. The van der Waals surface area contributed by atoms with Crippen molar-refractivity contribution in [1.29, 1.82) is 0 Å². The first kappa shape index (κ1) is 17.3. The number of fused-ring (bicyclic) bond motifs is 1. The Hall–Kier alpha value is -3.10. The maximum absolute atomic E-state index is 4.85. The molecule has 5 heteroatoms. The number of nitrogens with zero attached hydrogens (tertiary/aromatic N) is 4. The Morgan fingerprint density at radius 2 is 1.85 bits per heavy atom. The topological polar surface area (TPSA) is 33.4 Å². The van der Waals surface area contributed by atoms with Crippen molar-refractivity contribution in [3.63, 3.8) is 0 Å². The highest BCUT2D eigenvalue weighted by Crippen LogP contribution is 2.35. The third-order valence-electron chi connectivity index (χ3n) is 4.41. The van der Waals surface area contributed by atoms with Crippen LogP contribution in [0.3, 0.4) is 0 Å². The number of aromatic nitrogens is 3. The quantitative estimate of drug-likeness (QED) is 0.487. The molecule has 4 rings (SSSR count). The van der Waals surface area contributed by atoms with Gasteiger partial charge in [-0.15, -0.1) is 11.3 Å². The first-order chi connectivity index (χ1) is 13.3. The Labute approximate surface area is 163 Å². The zero-order valence-corrected chi connectivity index (χ0v) is 16.2. The van der Waals surface area contributed by atoms with Crippen molar-refractivity contribution in [2.24, 2.45) is 0 Å². The van der Waals surface area contributed by atoms with Crippen LogP contribution in [0.2, 0.25) is 0 Å². The molecule has 0 unspecified atom stereocenters. The molecule has 0 fully saturated rings. The van der Waals surface area contributed by atoms with Crippen LogP contribution >= 0.6 is 11.3 Å². The highest BCUT2D eigenvalue weighted by atomic mass is 32.1. The Morgan fingerprint density at radius 3 is 2.63 bits per heavy atom. The summed E-state index contributed by atoms with van der Waals surface area (Å²) >= 11 is 1.68. The van der Waals surface area contributed by atoms with Crippen LogP contribution in [0.15, 0.2) is 61.1 Å². The first-order valence-corrected chi connectivity index (χ1v) is 9.86. The van der Waals surface area contributed by atoms with Crippen LogP contribution in [0.1, 0.15) is 24.3 Å². The van der Waals surface area contributed by atoms with E-state index in [0.29, 0.717) is 0 Å². The summed E-state index contributed by atoms with van der Waals surface area (Å²) in [6, 6.07) is 14.2.